The monoisotopic (exact) mass is 301 g/mol. The van der Waals surface area contributed by atoms with Crippen molar-refractivity contribution in [1.29, 1.82) is 0 Å². The molecule has 0 amide bonds. The zero-order valence-corrected chi connectivity index (χ0v) is 13.6. The van der Waals surface area contributed by atoms with Crippen LogP contribution in [0, 0.1) is 0 Å². The molecule has 0 bridgehead atoms. The van der Waals surface area contributed by atoms with Crippen LogP contribution in [-0.4, -0.2) is 42.9 Å². The third kappa shape index (κ3) is 5.19. The molecular weight excluding hydrogens is 278 g/mol. The van der Waals surface area contributed by atoms with E-state index in [9.17, 15) is 5.11 Å². The second kappa shape index (κ2) is 7.16. The first-order valence-electron chi connectivity index (χ1n) is 6.67. The molecule has 0 aromatic heterocycles. The topological polar surface area (TPSA) is 41.9 Å². The molecule has 0 fully saturated rings. The third-order valence-corrected chi connectivity index (χ3v) is 2.97. The van der Waals surface area contributed by atoms with Gasteiger partial charge in [-0.2, -0.15) is 0 Å². The number of likely N-dealkylation sites (N-methyl/N-ethyl adjacent to an activating group) is 1. The molecule has 0 spiro atoms. The maximum Gasteiger partial charge on any atom is 0.179 e. The van der Waals surface area contributed by atoms with Gasteiger partial charge in [-0.25, -0.2) is 0 Å². The molecule has 0 aliphatic rings. The predicted molar refractivity (Wildman–Crippen MR) is 81.8 cm³/mol. The normalized spacial score (nSPS) is 11.8. The quantitative estimate of drug-likeness (QED) is 0.841. The van der Waals surface area contributed by atoms with E-state index in [-0.39, 0.29) is 0 Å². The summed E-state index contributed by atoms with van der Waals surface area (Å²) in [5, 5.41) is 10.4. The minimum Gasteiger partial charge on any atom is -0.493 e. The van der Waals surface area contributed by atoms with E-state index in [0.717, 1.165) is 5.56 Å². The molecule has 0 aliphatic carbocycles. The summed E-state index contributed by atoms with van der Waals surface area (Å²) < 4.78 is 10.8. The van der Waals surface area contributed by atoms with Gasteiger partial charge in [-0.15, -0.1) is 0 Å². The van der Waals surface area contributed by atoms with Crippen LogP contribution in [0.25, 0.3) is 0 Å². The van der Waals surface area contributed by atoms with Crippen molar-refractivity contribution in [2.45, 2.75) is 32.9 Å². The number of benzene rings is 1. The highest BCUT2D eigenvalue weighted by atomic mass is 35.5. The summed E-state index contributed by atoms with van der Waals surface area (Å²) in [6.07, 6.45) is 0. The predicted octanol–water partition coefficient (Wildman–Crippen LogP) is 2.95. The van der Waals surface area contributed by atoms with E-state index < -0.39 is 5.60 Å². The summed E-state index contributed by atoms with van der Waals surface area (Å²) in [4.78, 5) is 2.03. The highest BCUT2D eigenvalue weighted by molar-refractivity contribution is 6.32. The molecule has 0 radical (unpaired) electrons. The van der Waals surface area contributed by atoms with Gasteiger partial charge >= 0.3 is 0 Å². The number of methoxy groups -OCH3 is 1. The highest BCUT2D eigenvalue weighted by Crippen LogP contribution is 2.36. The molecule has 20 heavy (non-hydrogen) atoms. The maximum atomic E-state index is 9.82. The van der Waals surface area contributed by atoms with E-state index >= 15 is 0 Å². The van der Waals surface area contributed by atoms with Gasteiger partial charge in [0.1, 0.15) is 0 Å². The van der Waals surface area contributed by atoms with Crippen LogP contribution in [0.5, 0.6) is 11.5 Å². The molecule has 0 saturated heterocycles. The minimum atomic E-state index is -0.728. The molecule has 4 nitrogen and oxygen atoms in total. The van der Waals surface area contributed by atoms with Crippen molar-refractivity contribution in [2.24, 2.45) is 0 Å². The smallest absolute Gasteiger partial charge is 0.179 e. The van der Waals surface area contributed by atoms with Crippen LogP contribution in [-0.2, 0) is 6.54 Å². The van der Waals surface area contributed by atoms with Crippen LogP contribution in [0.4, 0.5) is 0 Å². The fourth-order valence-electron chi connectivity index (χ4n) is 2.18. The molecule has 1 aromatic rings. The average Bonchev–Trinajstić information content (AvgIpc) is 2.29. The first-order valence-corrected chi connectivity index (χ1v) is 7.04. The number of halogens is 1. The number of rotatable bonds is 7. The lowest BCUT2D eigenvalue weighted by Crippen LogP contribution is -2.35. The Labute approximate surface area is 126 Å². The summed E-state index contributed by atoms with van der Waals surface area (Å²) in [5.74, 6) is 1.21. The number of nitrogens with zero attached hydrogens (tertiary/aromatic N) is 1. The zero-order chi connectivity index (χ0) is 15.3. The van der Waals surface area contributed by atoms with Gasteiger partial charge in [0.15, 0.2) is 11.5 Å². The van der Waals surface area contributed by atoms with Crippen LogP contribution in [0.2, 0.25) is 5.02 Å². The lowest BCUT2D eigenvalue weighted by molar-refractivity contribution is 0.0424. The van der Waals surface area contributed by atoms with E-state index in [0.29, 0.717) is 36.2 Å². The highest BCUT2D eigenvalue weighted by Gasteiger charge is 2.17. The second-order valence-electron chi connectivity index (χ2n) is 5.53. The van der Waals surface area contributed by atoms with Crippen molar-refractivity contribution < 1.29 is 14.6 Å². The van der Waals surface area contributed by atoms with Crippen molar-refractivity contribution >= 4 is 11.6 Å². The van der Waals surface area contributed by atoms with Crippen LogP contribution in [0.3, 0.4) is 0 Å². The van der Waals surface area contributed by atoms with Crippen LogP contribution in [0.15, 0.2) is 12.1 Å². The second-order valence-corrected chi connectivity index (χ2v) is 5.93. The third-order valence-electron chi connectivity index (χ3n) is 2.69. The number of hydrogen-bond donors (Lipinski definition) is 1. The molecule has 1 N–H and O–H groups in total. The summed E-state index contributed by atoms with van der Waals surface area (Å²) in [6, 6.07) is 3.79. The molecule has 0 atom stereocenters. The zero-order valence-electron chi connectivity index (χ0n) is 12.9. The molecule has 1 aromatic carbocycles. The first-order chi connectivity index (χ1) is 9.26. The summed E-state index contributed by atoms with van der Waals surface area (Å²) in [6.45, 7) is 7.26. The Hall–Kier alpha value is -0.970. The Morgan fingerprint density at radius 3 is 2.50 bits per heavy atom. The Morgan fingerprint density at radius 2 is 2.00 bits per heavy atom. The first kappa shape index (κ1) is 17.1. The van der Waals surface area contributed by atoms with E-state index in [2.05, 4.69) is 0 Å². The Morgan fingerprint density at radius 1 is 1.35 bits per heavy atom. The van der Waals surface area contributed by atoms with Gasteiger partial charge in [0.05, 0.1) is 24.3 Å². The van der Waals surface area contributed by atoms with E-state index in [1.54, 1.807) is 21.0 Å². The Kier molecular flexibility index (Phi) is 6.11. The minimum absolute atomic E-state index is 0.536. The van der Waals surface area contributed by atoms with Gasteiger partial charge in [0.25, 0.3) is 0 Å². The summed E-state index contributed by atoms with van der Waals surface area (Å²) in [7, 11) is 3.55. The molecular formula is C15H24ClNO3. The number of ether oxygens (including phenoxy) is 2. The largest absolute Gasteiger partial charge is 0.493 e. The number of aliphatic hydroxyl groups is 1. The van der Waals surface area contributed by atoms with Gasteiger partial charge in [0.2, 0.25) is 0 Å². The molecule has 1 rings (SSSR count). The Bertz CT molecular complexity index is 443. The molecule has 0 saturated carbocycles. The van der Waals surface area contributed by atoms with Crippen molar-refractivity contribution in [3.8, 4) is 11.5 Å². The molecule has 0 heterocycles. The maximum absolute atomic E-state index is 9.82. The fraction of sp³-hybridized carbons (Fsp3) is 0.600. The van der Waals surface area contributed by atoms with Gasteiger partial charge < -0.3 is 14.6 Å². The van der Waals surface area contributed by atoms with Crippen LogP contribution in [0.1, 0.15) is 26.3 Å². The van der Waals surface area contributed by atoms with Gasteiger partial charge in [-0.1, -0.05) is 11.6 Å². The van der Waals surface area contributed by atoms with E-state index in [1.807, 2.05) is 31.0 Å². The molecule has 0 aliphatic heterocycles. The van der Waals surface area contributed by atoms with Crippen molar-refractivity contribution in [3.05, 3.63) is 22.7 Å². The van der Waals surface area contributed by atoms with Gasteiger partial charge in [-0.3, -0.25) is 4.90 Å². The summed E-state index contributed by atoms with van der Waals surface area (Å²) in [5.41, 5.74) is 0.288. The average molecular weight is 302 g/mol. The van der Waals surface area contributed by atoms with Crippen molar-refractivity contribution in [1.82, 2.24) is 4.90 Å². The lowest BCUT2D eigenvalue weighted by atomic mass is 10.1. The molecule has 0 unspecified atom stereocenters. The van der Waals surface area contributed by atoms with Crippen LogP contribution < -0.4 is 9.47 Å². The standard InChI is InChI=1S/C15H24ClNO3/c1-6-20-14-12(16)7-11(8-13(14)19-5)9-17(4)10-15(2,3)18/h7-8,18H,6,9-10H2,1-5H3. The summed E-state index contributed by atoms with van der Waals surface area (Å²) >= 11 is 6.24. The number of hydrogen-bond acceptors (Lipinski definition) is 4. The van der Waals surface area contributed by atoms with E-state index in [1.165, 1.54) is 0 Å². The SMILES string of the molecule is CCOc1c(Cl)cc(CN(C)CC(C)(C)O)cc1OC. The van der Waals surface area contributed by atoms with Gasteiger partial charge in [-0.05, 0) is 45.5 Å². The van der Waals surface area contributed by atoms with Crippen molar-refractivity contribution in [2.75, 3.05) is 27.3 Å². The van der Waals surface area contributed by atoms with Gasteiger partial charge in [0, 0.05) is 13.1 Å². The van der Waals surface area contributed by atoms with E-state index in [4.69, 9.17) is 21.1 Å². The fourth-order valence-corrected chi connectivity index (χ4v) is 2.46. The van der Waals surface area contributed by atoms with Crippen LogP contribution >= 0.6 is 11.6 Å². The van der Waals surface area contributed by atoms with Crippen molar-refractivity contribution in [3.63, 3.8) is 0 Å². The lowest BCUT2D eigenvalue weighted by Gasteiger charge is -2.25. The molecule has 5 heteroatoms. The molecule has 114 valence electrons. The Balaban J connectivity index is 2.89.